The largest absolute Gasteiger partial charge is 0.387 e. The van der Waals surface area contributed by atoms with Crippen LogP contribution in [-0.2, 0) is 0 Å². The second-order valence-corrected chi connectivity index (χ2v) is 3.59. The van der Waals surface area contributed by atoms with E-state index in [0.717, 1.165) is 10.9 Å². The van der Waals surface area contributed by atoms with Crippen LogP contribution in [0, 0.1) is 0 Å². The molecule has 1 nitrogen and oxygen atoms in total. The molecule has 0 saturated heterocycles. The van der Waals surface area contributed by atoms with Crippen molar-refractivity contribution in [2.24, 2.45) is 0 Å². The number of fused-ring (bicyclic) bond motifs is 1. The summed E-state index contributed by atoms with van der Waals surface area (Å²) in [4.78, 5) is 0. The first-order valence-corrected chi connectivity index (χ1v) is 5.07. The lowest BCUT2D eigenvalue weighted by atomic mass is 10.0. The van der Waals surface area contributed by atoms with Crippen molar-refractivity contribution in [2.75, 3.05) is 5.88 Å². The number of rotatable bonds is 2. The van der Waals surface area contributed by atoms with Crippen LogP contribution in [0.3, 0.4) is 0 Å². The van der Waals surface area contributed by atoms with Crippen LogP contribution in [0.5, 0.6) is 0 Å². The Kier molecular flexibility index (Phi) is 2.71. The zero-order valence-corrected chi connectivity index (χ0v) is 8.41. The van der Waals surface area contributed by atoms with Crippen LogP contribution in [0.1, 0.15) is 11.7 Å². The quantitative estimate of drug-likeness (QED) is 0.749. The fourth-order valence-electron chi connectivity index (χ4n) is 1.50. The number of alkyl halides is 1. The fourth-order valence-corrected chi connectivity index (χ4v) is 1.68. The highest BCUT2D eigenvalue weighted by Crippen LogP contribution is 2.20. The van der Waals surface area contributed by atoms with Crippen LogP contribution >= 0.6 is 11.6 Å². The van der Waals surface area contributed by atoms with Crippen LogP contribution < -0.4 is 0 Å². The Balaban J connectivity index is 2.51. The van der Waals surface area contributed by atoms with Crippen molar-refractivity contribution in [2.45, 2.75) is 6.10 Å². The Labute approximate surface area is 87.9 Å². The van der Waals surface area contributed by atoms with Crippen LogP contribution in [0.4, 0.5) is 0 Å². The molecule has 0 aliphatic heterocycles. The van der Waals surface area contributed by atoms with Crippen molar-refractivity contribution in [3.8, 4) is 0 Å². The molecule has 2 heteroatoms. The summed E-state index contributed by atoms with van der Waals surface area (Å²) in [7, 11) is 0. The van der Waals surface area contributed by atoms with Gasteiger partial charge in [-0.2, -0.15) is 0 Å². The lowest BCUT2D eigenvalue weighted by Crippen LogP contribution is -1.97. The van der Waals surface area contributed by atoms with E-state index in [-0.39, 0.29) is 5.88 Å². The summed E-state index contributed by atoms with van der Waals surface area (Å²) in [5, 5.41) is 11.9. The minimum absolute atomic E-state index is 0.234. The molecule has 0 aromatic heterocycles. The van der Waals surface area contributed by atoms with E-state index in [1.165, 1.54) is 5.39 Å². The Bertz CT molecular complexity index is 439. The van der Waals surface area contributed by atoms with Gasteiger partial charge >= 0.3 is 0 Å². The van der Waals surface area contributed by atoms with Gasteiger partial charge in [-0.05, 0) is 22.4 Å². The monoisotopic (exact) mass is 206 g/mol. The minimum atomic E-state index is -0.568. The molecule has 0 fully saturated rings. The molecule has 1 N–H and O–H groups in total. The SMILES string of the molecule is O[C@H](CCl)c1ccc2ccccc2c1. The van der Waals surface area contributed by atoms with Gasteiger partial charge in [0.05, 0.1) is 12.0 Å². The van der Waals surface area contributed by atoms with Gasteiger partial charge in [-0.3, -0.25) is 0 Å². The molecule has 0 amide bonds. The highest BCUT2D eigenvalue weighted by atomic mass is 35.5. The highest BCUT2D eigenvalue weighted by molar-refractivity contribution is 6.18. The molecular formula is C12H11ClO. The summed E-state index contributed by atoms with van der Waals surface area (Å²) in [5.41, 5.74) is 0.874. The van der Waals surface area contributed by atoms with E-state index in [2.05, 4.69) is 0 Å². The second-order valence-electron chi connectivity index (χ2n) is 3.28. The van der Waals surface area contributed by atoms with E-state index < -0.39 is 6.10 Å². The number of halogens is 1. The van der Waals surface area contributed by atoms with Gasteiger partial charge in [0.1, 0.15) is 0 Å². The lowest BCUT2D eigenvalue weighted by molar-refractivity contribution is 0.203. The standard InChI is InChI=1S/C12H11ClO/c13-8-12(14)11-6-5-9-3-1-2-4-10(9)7-11/h1-7,12,14H,8H2/t12-/m1/s1. The predicted octanol–water partition coefficient (Wildman–Crippen LogP) is 3.11. The molecule has 0 saturated carbocycles. The molecule has 0 heterocycles. The number of aliphatic hydroxyl groups excluding tert-OH is 1. The molecule has 14 heavy (non-hydrogen) atoms. The Morgan fingerprint density at radius 3 is 2.50 bits per heavy atom. The summed E-state index contributed by atoms with van der Waals surface area (Å²) >= 11 is 5.59. The topological polar surface area (TPSA) is 20.2 Å². The molecule has 1 atom stereocenters. The second kappa shape index (κ2) is 3.99. The normalized spacial score (nSPS) is 13.0. The van der Waals surface area contributed by atoms with Crippen molar-refractivity contribution in [1.82, 2.24) is 0 Å². The van der Waals surface area contributed by atoms with Crippen LogP contribution in [0.15, 0.2) is 42.5 Å². The van der Waals surface area contributed by atoms with E-state index >= 15 is 0 Å². The van der Waals surface area contributed by atoms with Crippen molar-refractivity contribution >= 4 is 22.4 Å². The zero-order chi connectivity index (χ0) is 9.97. The Hall–Kier alpha value is -1.05. The predicted molar refractivity (Wildman–Crippen MR) is 59.6 cm³/mol. The van der Waals surface area contributed by atoms with E-state index in [4.69, 9.17) is 11.6 Å². The first-order valence-electron chi connectivity index (χ1n) is 4.54. The summed E-state index contributed by atoms with van der Waals surface area (Å²) in [6.45, 7) is 0. The maximum absolute atomic E-state index is 9.56. The third-order valence-electron chi connectivity index (χ3n) is 2.30. The molecule has 0 aliphatic carbocycles. The maximum Gasteiger partial charge on any atom is 0.0925 e. The number of aliphatic hydroxyl groups is 1. The van der Waals surface area contributed by atoms with Crippen molar-refractivity contribution in [1.29, 1.82) is 0 Å². The van der Waals surface area contributed by atoms with Gasteiger partial charge in [-0.1, -0.05) is 36.4 Å². The highest BCUT2D eigenvalue weighted by Gasteiger charge is 2.05. The van der Waals surface area contributed by atoms with Crippen molar-refractivity contribution in [3.05, 3.63) is 48.0 Å². The molecule has 2 aromatic rings. The van der Waals surface area contributed by atoms with Crippen molar-refractivity contribution < 1.29 is 5.11 Å². The first-order chi connectivity index (χ1) is 6.81. The van der Waals surface area contributed by atoms with Crippen LogP contribution in [0.25, 0.3) is 10.8 Å². The molecule has 2 rings (SSSR count). The maximum atomic E-state index is 9.56. The van der Waals surface area contributed by atoms with Gasteiger partial charge in [0.2, 0.25) is 0 Å². The molecule has 0 radical (unpaired) electrons. The van der Waals surface area contributed by atoms with Gasteiger partial charge in [-0.15, -0.1) is 11.6 Å². The van der Waals surface area contributed by atoms with Crippen LogP contribution in [-0.4, -0.2) is 11.0 Å². The van der Waals surface area contributed by atoms with Gasteiger partial charge in [0, 0.05) is 0 Å². The van der Waals surface area contributed by atoms with Gasteiger partial charge in [0.15, 0.2) is 0 Å². The summed E-state index contributed by atoms with van der Waals surface area (Å²) in [5.74, 6) is 0.234. The summed E-state index contributed by atoms with van der Waals surface area (Å²) in [6, 6.07) is 13.9. The van der Waals surface area contributed by atoms with Crippen LogP contribution in [0.2, 0.25) is 0 Å². The number of hydrogen-bond donors (Lipinski definition) is 1. The molecule has 0 unspecified atom stereocenters. The summed E-state index contributed by atoms with van der Waals surface area (Å²) in [6.07, 6.45) is -0.568. The van der Waals surface area contributed by atoms with E-state index in [1.807, 2.05) is 42.5 Å². The van der Waals surface area contributed by atoms with E-state index in [1.54, 1.807) is 0 Å². The summed E-state index contributed by atoms with van der Waals surface area (Å²) < 4.78 is 0. The Morgan fingerprint density at radius 2 is 1.79 bits per heavy atom. The third-order valence-corrected chi connectivity index (χ3v) is 2.60. The average molecular weight is 207 g/mol. The first kappa shape index (κ1) is 9.50. The molecule has 0 spiro atoms. The van der Waals surface area contributed by atoms with Gasteiger partial charge in [0.25, 0.3) is 0 Å². The fraction of sp³-hybridized carbons (Fsp3) is 0.167. The van der Waals surface area contributed by atoms with Gasteiger partial charge in [-0.25, -0.2) is 0 Å². The minimum Gasteiger partial charge on any atom is -0.387 e. The molecule has 0 aliphatic rings. The Morgan fingerprint density at radius 1 is 1.07 bits per heavy atom. The molecule has 0 bridgehead atoms. The lowest BCUT2D eigenvalue weighted by Gasteiger charge is -2.07. The van der Waals surface area contributed by atoms with E-state index in [9.17, 15) is 5.11 Å². The number of hydrogen-bond acceptors (Lipinski definition) is 1. The third kappa shape index (κ3) is 1.74. The average Bonchev–Trinajstić information content (AvgIpc) is 2.27. The molecular weight excluding hydrogens is 196 g/mol. The smallest absolute Gasteiger partial charge is 0.0925 e. The molecule has 2 aromatic carbocycles. The van der Waals surface area contributed by atoms with Gasteiger partial charge < -0.3 is 5.11 Å². The molecule has 72 valence electrons. The zero-order valence-electron chi connectivity index (χ0n) is 7.65. The van der Waals surface area contributed by atoms with E-state index in [0.29, 0.717) is 0 Å². The van der Waals surface area contributed by atoms with Crippen molar-refractivity contribution in [3.63, 3.8) is 0 Å². The number of benzene rings is 2.